The Hall–Kier alpha value is -3.42. The van der Waals surface area contributed by atoms with Gasteiger partial charge in [-0.05, 0) is 24.1 Å². The molecule has 30 heavy (non-hydrogen) atoms. The molecule has 0 unspecified atom stereocenters. The van der Waals surface area contributed by atoms with E-state index in [4.69, 9.17) is 9.72 Å². The molecular weight excluding hydrogens is 378 g/mol. The Morgan fingerprint density at radius 3 is 2.90 bits per heavy atom. The lowest BCUT2D eigenvalue weighted by molar-refractivity contribution is 0.400. The van der Waals surface area contributed by atoms with Crippen molar-refractivity contribution in [2.24, 2.45) is 5.92 Å². The molecule has 8 nitrogen and oxygen atoms in total. The molecule has 0 spiro atoms. The normalized spacial score (nSPS) is 13.8. The van der Waals surface area contributed by atoms with Crippen LogP contribution >= 0.6 is 0 Å². The van der Waals surface area contributed by atoms with Crippen molar-refractivity contribution in [3.8, 4) is 17.0 Å². The molecular formula is C22H25N7O. The van der Waals surface area contributed by atoms with E-state index in [-0.39, 0.29) is 0 Å². The number of methoxy groups -OCH3 is 1. The number of fused-ring (bicyclic) bond motifs is 2. The summed E-state index contributed by atoms with van der Waals surface area (Å²) < 4.78 is 9.53. The molecule has 0 saturated carbocycles. The molecule has 4 aromatic heterocycles. The highest BCUT2D eigenvalue weighted by Gasteiger charge is 2.23. The van der Waals surface area contributed by atoms with Gasteiger partial charge in [-0.15, -0.1) is 0 Å². The maximum absolute atomic E-state index is 5.44. The molecule has 5 rings (SSSR count). The van der Waals surface area contributed by atoms with Crippen LogP contribution in [-0.2, 0) is 19.5 Å². The molecule has 4 aromatic rings. The highest BCUT2D eigenvalue weighted by atomic mass is 16.5. The topological polar surface area (TPSA) is 73.4 Å². The van der Waals surface area contributed by atoms with Gasteiger partial charge >= 0.3 is 0 Å². The Morgan fingerprint density at radius 1 is 1.17 bits per heavy atom. The molecule has 0 fully saturated rings. The van der Waals surface area contributed by atoms with Crippen molar-refractivity contribution >= 4 is 11.5 Å². The van der Waals surface area contributed by atoms with E-state index in [9.17, 15) is 0 Å². The minimum atomic E-state index is 0.569. The average molecular weight is 403 g/mol. The molecule has 0 aromatic carbocycles. The first-order valence-electron chi connectivity index (χ1n) is 10.3. The second kappa shape index (κ2) is 7.44. The van der Waals surface area contributed by atoms with Crippen LogP contribution in [0.1, 0.15) is 25.2 Å². The van der Waals surface area contributed by atoms with E-state index < -0.39 is 0 Å². The lowest BCUT2D eigenvalue weighted by Gasteiger charge is -2.29. The van der Waals surface area contributed by atoms with Crippen molar-refractivity contribution in [3.05, 3.63) is 54.5 Å². The lowest BCUT2D eigenvalue weighted by atomic mass is 10.1. The van der Waals surface area contributed by atoms with Gasteiger partial charge in [0.2, 0.25) is 5.88 Å². The van der Waals surface area contributed by atoms with Crippen LogP contribution in [0, 0.1) is 5.92 Å². The van der Waals surface area contributed by atoms with Gasteiger partial charge in [0.15, 0.2) is 5.65 Å². The molecule has 0 aliphatic carbocycles. The number of pyridine rings is 1. The third-order valence-electron chi connectivity index (χ3n) is 5.49. The standard InChI is InChI=1S/C22H25N7O/c1-15(2)12-28-14-24-18-6-9-27(13-19(18)28)20-7-10-29-21(26-20)17(11-25-29)16-5-4-8-23-22(16)30-3/h4-5,7-8,10-11,14-15H,6,9,12-13H2,1-3H3. The second-order valence-corrected chi connectivity index (χ2v) is 8.03. The van der Waals surface area contributed by atoms with Crippen LogP contribution in [0.3, 0.4) is 0 Å². The molecule has 8 heteroatoms. The molecule has 154 valence electrons. The fourth-order valence-corrected chi connectivity index (χ4v) is 4.07. The van der Waals surface area contributed by atoms with E-state index >= 15 is 0 Å². The van der Waals surface area contributed by atoms with Crippen LogP contribution in [0.5, 0.6) is 5.88 Å². The van der Waals surface area contributed by atoms with Crippen LogP contribution < -0.4 is 9.64 Å². The quantitative estimate of drug-likeness (QED) is 0.509. The van der Waals surface area contributed by atoms with Crippen molar-refractivity contribution in [1.29, 1.82) is 0 Å². The summed E-state index contributed by atoms with van der Waals surface area (Å²) in [5, 5.41) is 4.47. The molecule has 0 amide bonds. The van der Waals surface area contributed by atoms with E-state index in [2.05, 4.69) is 38.4 Å². The monoisotopic (exact) mass is 403 g/mol. The molecule has 1 aliphatic heterocycles. The van der Waals surface area contributed by atoms with E-state index in [0.717, 1.165) is 48.6 Å². The molecule has 0 radical (unpaired) electrons. The third-order valence-corrected chi connectivity index (χ3v) is 5.49. The average Bonchev–Trinajstić information content (AvgIpc) is 3.36. The van der Waals surface area contributed by atoms with Gasteiger partial charge in [-0.25, -0.2) is 19.5 Å². The summed E-state index contributed by atoms with van der Waals surface area (Å²) >= 11 is 0. The number of aromatic nitrogens is 6. The Balaban J connectivity index is 1.51. The summed E-state index contributed by atoms with van der Waals surface area (Å²) in [5.41, 5.74) is 5.08. The number of rotatable bonds is 5. The van der Waals surface area contributed by atoms with Gasteiger partial charge in [0.25, 0.3) is 0 Å². The van der Waals surface area contributed by atoms with Crippen LogP contribution in [-0.4, -0.2) is 42.8 Å². The summed E-state index contributed by atoms with van der Waals surface area (Å²) in [4.78, 5) is 16.2. The van der Waals surface area contributed by atoms with E-state index in [0.29, 0.717) is 11.8 Å². The first-order chi connectivity index (χ1) is 14.6. The van der Waals surface area contributed by atoms with Crippen LogP contribution in [0.4, 0.5) is 5.82 Å². The van der Waals surface area contributed by atoms with Crippen LogP contribution in [0.25, 0.3) is 16.8 Å². The first kappa shape index (κ1) is 18.6. The van der Waals surface area contributed by atoms with Gasteiger partial charge < -0.3 is 14.2 Å². The third kappa shape index (κ3) is 3.18. The first-order valence-corrected chi connectivity index (χ1v) is 10.3. The maximum Gasteiger partial charge on any atom is 0.221 e. The zero-order valence-corrected chi connectivity index (χ0v) is 17.5. The smallest absolute Gasteiger partial charge is 0.221 e. The number of nitrogens with zero attached hydrogens (tertiary/aromatic N) is 7. The van der Waals surface area contributed by atoms with Gasteiger partial charge in [0.05, 0.1) is 43.1 Å². The fourth-order valence-electron chi connectivity index (χ4n) is 4.07. The van der Waals surface area contributed by atoms with E-state index in [1.165, 1.54) is 11.4 Å². The minimum absolute atomic E-state index is 0.569. The lowest BCUT2D eigenvalue weighted by Crippen LogP contribution is -2.32. The fraction of sp³-hybridized carbons (Fsp3) is 0.364. The van der Waals surface area contributed by atoms with Crippen molar-refractivity contribution in [2.75, 3.05) is 18.6 Å². The van der Waals surface area contributed by atoms with Gasteiger partial charge in [0.1, 0.15) is 5.82 Å². The molecule has 0 N–H and O–H groups in total. The van der Waals surface area contributed by atoms with Crippen molar-refractivity contribution in [1.82, 2.24) is 29.1 Å². The predicted octanol–water partition coefficient (Wildman–Crippen LogP) is 3.22. The molecule has 1 aliphatic rings. The molecule has 0 saturated heterocycles. The number of hydrogen-bond acceptors (Lipinski definition) is 6. The number of hydrogen-bond donors (Lipinski definition) is 0. The zero-order chi connectivity index (χ0) is 20.7. The zero-order valence-electron chi connectivity index (χ0n) is 17.5. The minimum Gasteiger partial charge on any atom is -0.481 e. The Kier molecular flexibility index (Phi) is 4.61. The van der Waals surface area contributed by atoms with Gasteiger partial charge in [-0.1, -0.05) is 13.8 Å². The summed E-state index contributed by atoms with van der Waals surface area (Å²) in [6.07, 6.45) is 8.41. The largest absolute Gasteiger partial charge is 0.481 e. The Bertz CT molecular complexity index is 1190. The molecule has 5 heterocycles. The van der Waals surface area contributed by atoms with Crippen molar-refractivity contribution in [3.63, 3.8) is 0 Å². The van der Waals surface area contributed by atoms with Crippen LogP contribution in [0.15, 0.2) is 43.1 Å². The Morgan fingerprint density at radius 2 is 2.07 bits per heavy atom. The van der Waals surface area contributed by atoms with Crippen molar-refractivity contribution in [2.45, 2.75) is 33.4 Å². The van der Waals surface area contributed by atoms with Crippen LogP contribution in [0.2, 0.25) is 0 Å². The van der Waals surface area contributed by atoms with E-state index in [1.807, 2.05) is 36.9 Å². The van der Waals surface area contributed by atoms with E-state index in [1.54, 1.807) is 17.8 Å². The van der Waals surface area contributed by atoms with Gasteiger partial charge in [0, 0.05) is 37.5 Å². The predicted molar refractivity (Wildman–Crippen MR) is 115 cm³/mol. The van der Waals surface area contributed by atoms with Crippen molar-refractivity contribution < 1.29 is 4.74 Å². The highest BCUT2D eigenvalue weighted by molar-refractivity contribution is 5.80. The summed E-state index contributed by atoms with van der Waals surface area (Å²) in [6.45, 7) is 7.16. The number of imidazole rings is 1. The Labute approximate surface area is 175 Å². The summed E-state index contributed by atoms with van der Waals surface area (Å²) in [5.74, 6) is 2.09. The maximum atomic E-state index is 5.44. The summed E-state index contributed by atoms with van der Waals surface area (Å²) in [6, 6.07) is 5.90. The molecule has 0 bridgehead atoms. The van der Waals surface area contributed by atoms with Gasteiger partial charge in [-0.2, -0.15) is 5.10 Å². The summed E-state index contributed by atoms with van der Waals surface area (Å²) in [7, 11) is 1.63. The number of ether oxygens (including phenoxy) is 1. The highest BCUT2D eigenvalue weighted by Crippen LogP contribution is 2.31. The second-order valence-electron chi connectivity index (χ2n) is 8.03. The number of anilines is 1. The molecule has 0 atom stereocenters. The van der Waals surface area contributed by atoms with Gasteiger partial charge in [-0.3, -0.25) is 0 Å². The SMILES string of the molecule is COc1ncccc1-c1cnn2ccc(N3CCc4ncn(CC(C)C)c4C3)nc12.